The second-order valence-electron chi connectivity index (χ2n) is 4.15. The third-order valence-electron chi connectivity index (χ3n) is 2.64. The van der Waals surface area contributed by atoms with Gasteiger partial charge < -0.3 is 10.5 Å². The highest BCUT2D eigenvalue weighted by Gasteiger charge is 2.13. The number of ether oxygens (including phenoxy) is 1. The molecule has 2 aromatic rings. The molecule has 0 amide bonds. The van der Waals surface area contributed by atoms with E-state index in [0.29, 0.717) is 4.90 Å². The lowest BCUT2D eigenvalue weighted by Crippen LogP contribution is -2.08. The van der Waals surface area contributed by atoms with E-state index in [1.54, 1.807) is 19.1 Å². The smallest absolute Gasteiger partial charge is 0.340 e. The van der Waals surface area contributed by atoms with E-state index in [2.05, 4.69) is 0 Å². The molecule has 0 saturated heterocycles. The molecule has 0 spiro atoms. The molecule has 0 fully saturated rings. The van der Waals surface area contributed by atoms with Gasteiger partial charge in [-0.05, 0) is 37.3 Å². The van der Waals surface area contributed by atoms with E-state index in [4.69, 9.17) is 10.5 Å². The Morgan fingerprint density at radius 2 is 2.00 bits per heavy atom. The Morgan fingerprint density at radius 3 is 2.67 bits per heavy atom. The molecule has 0 aliphatic heterocycles. The van der Waals surface area contributed by atoms with Crippen molar-refractivity contribution >= 4 is 23.4 Å². The van der Waals surface area contributed by atoms with Crippen LogP contribution >= 0.6 is 11.8 Å². The van der Waals surface area contributed by atoms with Crippen LogP contribution in [0.4, 0.5) is 14.5 Å². The molecule has 0 saturated carbocycles. The van der Waals surface area contributed by atoms with Crippen LogP contribution in [0.15, 0.2) is 46.2 Å². The summed E-state index contributed by atoms with van der Waals surface area (Å²) >= 11 is 1.08. The summed E-state index contributed by atoms with van der Waals surface area (Å²) in [4.78, 5) is 12.6. The Bertz CT molecular complexity index is 677. The Labute approximate surface area is 125 Å². The fourth-order valence-corrected chi connectivity index (χ4v) is 2.53. The summed E-state index contributed by atoms with van der Waals surface area (Å²) in [5.41, 5.74) is 6.25. The molecule has 21 heavy (non-hydrogen) atoms. The highest BCUT2D eigenvalue weighted by atomic mass is 32.2. The maximum absolute atomic E-state index is 13.6. The second kappa shape index (κ2) is 6.58. The van der Waals surface area contributed by atoms with Gasteiger partial charge in [-0.1, -0.05) is 11.8 Å². The Morgan fingerprint density at radius 1 is 1.24 bits per heavy atom. The normalized spacial score (nSPS) is 10.4. The Kier molecular flexibility index (Phi) is 4.80. The van der Waals surface area contributed by atoms with Crippen molar-refractivity contribution in [2.75, 3.05) is 12.3 Å². The molecule has 0 heterocycles. The van der Waals surface area contributed by atoms with Crippen LogP contribution < -0.4 is 5.73 Å². The van der Waals surface area contributed by atoms with Crippen molar-refractivity contribution in [1.29, 1.82) is 0 Å². The van der Waals surface area contributed by atoms with E-state index in [9.17, 15) is 13.6 Å². The molecule has 0 unspecified atom stereocenters. The maximum Gasteiger partial charge on any atom is 0.340 e. The van der Waals surface area contributed by atoms with Gasteiger partial charge in [0.05, 0.1) is 12.2 Å². The molecular formula is C15H13F2NO2S. The van der Waals surface area contributed by atoms with Gasteiger partial charge in [-0.25, -0.2) is 13.6 Å². The largest absolute Gasteiger partial charge is 0.462 e. The van der Waals surface area contributed by atoms with Crippen LogP contribution in [0, 0.1) is 11.6 Å². The highest BCUT2D eigenvalue weighted by molar-refractivity contribution is 7.99. The summed E-state index contributed by atoms with van der Waals surface area (Å²) in [5.74, 6) is -1.83. The molecule has 2 rings (SSSR count). The zero-order valence-electron chi connectivity index (χ0n) is 11.2. The van der Waals surface area contributed by atoms with Crippen molar-refractivity contribution in [3.8, 4) is 0 Å². The predicted octanol–water partition coefficient (Wildman–Crippen LogP) is 3.87. The quantitative estimate of drug-likeness (QED) is 0.688. The van der Waals surface area contributed by atoms with E-state index < -0.39 is 17.6 Å². The zero-order valence-corrected chi connectivity index (χ0v) is 12.0. The summed E-state index contributed by atoms with van der Waals surface area (Å²) in [5, 5.41) is 0. The maximum atomic E-state index is 13.6. The number of nitrogen functional groups attached to an aromatic ring is 1. The lowest BCUT2D eigenvalue weighted by atomic mass is 10.2. The number of rotatable bonds is 4. The molecular weight excluding hydrogens is 296 g/mol. The molecule has 0 aliphatic carbocycles. The first-order valence-corrected chi connectivity index (χ1v) is 7.02. The van der Waals surface area contributed by atoms with Crippen LogP contribution in [-0.2, 0) is 4.74 Å². The third kappa shape index (κ3) is 3.72. The van der Waals surface area contributed by atoms with Gasteiger partial charge in [0.2, 0.25) is 0 Å². The van der Waals surface area contributed by atoms with E-state index in [-0.39, 0.29) is 22.8 Å². The third-order valence-corrected chi connectivity index (χ3v) is 3.68. The molecule has 3 nitrogen and oxygen atoms in total. The van der Waals surface area contributed by atoms with Crippen LogP contribution in [0.5, 0.6) is 0 Å². The van der Waals surface area contributed by atoms with Gasteiger partial charge in [0.15, 0.2) is 0 Å². The number of nitrogens with two attached hydrogens (primary N) is 1. The zero-order chi connectivity index (χ0) is 15.4. The summed E-state index contributed by atoms with van der Waals surface area (Å²) in [6.45, 7) is 1.93. The monoisotopic (exact) mass is 309 g/mol. The molecule has 0 radical (unpaired) electrons. The number of esters is 1. The van der Waals surface area contributed by atoms with Crippen molar-refractivity contribution in [1.82, 2.24) is 0 Å². The predicted molar refractivity (Wildman–Crippen MR) is 77.3 cm³/mol. The number of hydrogen-bond donors (Lipinski definition) is 1. The van der Waals surface area contributed by atoms with Crippen LogP contribution in [0.2, 0.25) is 0 Å². The SMILES string of the molecule is CCOC(=O)c1cc(Sc2ccc(F)cc2F)ccc1N. The van der Waals surface area contributed by atoms with E-state index >= 15 is 0 Å². The highest BCUT2D eigenvalue weighted by Crippen LogP contribution is 2.32. The van der Waals surface area contributed by atoms with Gasteiger partial charge in [0.1, 0.15) is 11.6 Å². The van der Waals surface area contributed by atoms with Gasteiger partial charge in [-0.2, -0.15) is 0 Å². The average molecular weight is 309 g/mol. The Hall–Kier alpha value is -2.08. The molecule has 6 heteroatoms. The van der Waals surface area contributed by atoms with Crippen molar-refractivity contribution in [3.63, 3.8) is 0 Å². The Balaban J connectivity index is 2.28. The summed E-state index contributed by atoms with van der Waals surface area (Å²) in [6.07, 6.45) is 0. The minimum atomic E-state index is -0.658. The van der Waals surface area contributed by atoms with Gasteiger partial charge in [-0.3, -0.25) is 0 Å². The number of carbonyl (C=O) groups excluding carboxylic acids is 1. The minimum absolute atomic E-state index is 0.226. The topological polar surface area (TPSA) is 52.3 Å². The first kappa shape index (κ1) is 15.3. The molecule has 2 N–H and O–H groups in total. The standard InChI is InChI=1S/C15H13F2NO2S/c1-2-20-15(19)11-8-10(4-5-13(11)18)21-14-6-3-9(16)7-12(14)17/h3-8H,2,18H2,1H3. The summed E-state index contributed by atoms with van der Waals surface area (Å²) in [6, 6.07) is 8.07. The lowest BCUT2D eigenvalue weighted by molar-refractivity contribution is 0.0527. The molecule has 0 bridgehead atoms. The van der Waals surface area contributed by atoms with Crippen molar-refractivity contribution in [3.05, 3.63) is 53.6 Å². The number of anilines is 1. The number of hydrogen-bond acceptors (Lipinski definition) is 4. The van der Waals surface area contributed by atoms with E-state index in [1.165, 1.54) is 18.2 Å². The lowest BCUT2D eigenvalue weighted by Gasteiger charge is -2.08. The first-order chi connectivity index (χ1) is 10.0. The average Bonchev–Trinajstić information content (AvgIpc) is 2.44. The molecule has 2 aromatic carbocycles. The number of carbonyl (C=O) groups is 1. The fraction of sp³-hybridized carbons (Fsp3) is 0.133. The van der Waals surface area contributed by atoms with Crippen molar-refractivity contribution < 1.29 is 18.3 Å². The molecule has 0 aliphatic rings. The van der Waals surface area contributed by atoms with Crippen molar-refractivity contribution in [2.45, 2.75) is 16.7 Å². The van der Waals surface area contributed by atoms with Gasteiger partial charge >= 0.3 is 5.97 Å². The molecule has 0 aromatic heterocycles. The number of halogens is 2. The van der Waals surface area contributed by atoms with Crippen LogP contribution in [0.1, 0.15) is 17.3 Å². The van der Waals surface area contributed by atoms with E-state index in [0.717, 1.165) is 17.8 Å². The van der Waals surface area contributed by atoms with E-state index in [1.807, 2.05) is 0 Å². The first-order valence-electron chi connectivity index (χ1n) is 6.20. The number of benzene rings is 2. The fourth-order valence-electron chi connectivity index (χ4n) is 1.67. The van der Waals surface area contributed by atoms with Gasteiger partial charge in [-0.15, -0.1) is 0 Å². The molecule has 0 atom stereocenters. The van der Waals surface area contributed by atoms with Crippen molar-refractivity contribution in [2.24, 2.45) is 0 Å². The second-order valence-corrected chi connectivity index (χ2v) is 5.26. The summed E-state index contributed by atoms with van der Waals surface area (Å²) < 4.78 is 31.4. The molecule has 110 valence electrons. The summed E-state index contributed by atoms with van der Waals surface area (Å²) in [7, 11) is 0. The van der Waals surface area contributed by atoms with Gasteiger partial charge in [0.25, 0.3) is 0 Å². The van der Waals surface area contributed by atoms with Crippen LogP contribution in [-0.4, -0.2) is 12.6 Å². The van der Waals surface area contributed by atoms with Crippen LogP contribution in [0.25, 0.3) is 0 Å². The van der Waals surface area contributed by atoms with Gasteiger partial charge in [0, 0.05) is 21.5 Å². The van der Waals surface area contributed by atoms with Crippen LogP contribution in [0.3, 0.4) is 0 Å². The minimum Gasteiger partial charge on any atom is -0.462 e.